The summed E-state index contributed by atoms with van der Waals surface area (Å²) < 4.78 is 28.9. The van der Waals surface area contributed by atoms with Crippen LogP contribution in [0.2, 0.25) is 0 Å². The first-order chi connectivity index (χ1) is 13.0. The average molecular weight is 385 g/mol. The normalized spacial score (nSPS) is 11.1. The fourth-order valence-electron chi connectivity index (χ4n) is 2.41. The van der Waals surface area contributed by atoms with E-state index in [1.165, 1.54) is 24.5 Å². The molecule has 0 unspecified atom stereocenters. The Morgan fingerprint density at radius 1 is 1.00 bits per heavy atom. The molecular weight excluding hydrogens is 366 g/mol. The van der Waals surface area contributed by atoms with Crippen molar-refractivity contribution in [1.29, 1.82) is 0 Å². The second-order valence-corrected chi connectivity index (χ2v) is 7.46. The third-order valence-electron chi connectivity index (χ3n) is 3.73. The highest BCUT2D eigenvalue weighted by Crippen LogP contribution is 2.16. The lowest BCUT2D eigenvalue weighted by atomic mass is 10.2. The molecule has 140 valence electrons. The van der Waals surface area contributed by atoms with Gasteiger partial charge in [0.25, 0.3) is 10.0 Å². The number of hydrogen-bond donors (Lipinski definition) is 2. The van der Waals surface area contributed by atoms with Crippen LogP contribution in [0.5, 0.6) is 0 Å². The molecule has 0 radical (unpaired) electrons. The number of nitrogens with one attached hydrogen (secondary N) is 2. The van der Waals surface area contributed by atoms with Crippen molar-refractivity contribution in [3.63, 3.8) is 0 Å². The number of aryl methyl sites for hydroxylation is 1. The van der Waals surface area contributed by atoms with Crippen molar-refractivity contribution in [3.05, 3.63) is 67.3 Å². The molecule has 2 N–H and O–H groups in total. The lowest BCUT2D eigenvalue weighted by Crippen LogP contribution is -2.15. The Hall–Kier alpha value is -3.20. The number of rotatable bonds is 8. The number of aromatic nitrogens is 3. The second kappa shape index (κ2) is 8.45. The zero-order valence-electron chi connectivity index (χ0n) is 14.4. The summed E-state index contributed by atoms with van der Waals surface area (Å²) >= 11 is 0. The predicted octanol–water partition coefficient (Wildman–Crippen LogP) is 2.50. The van der Waals surface area contributed by atoms with Gasteiger partial charge >= 0.3 is 0 Å². The number of anilines is 2. The minimum absolute atomic E-state index is 0.00225. The Kier molecular flexibility index (Phi) is 5.82. The molecule has 0 bridgehead atoms. The van der Waals surface area contributed by atoms with Crippen molar-refractivity contribution in [3.8, 4) is 0 Å². The highest BCUT2D eigenvalue weighted by Gasteiger charge is 2.15. The Morgan fingerprint density at radius 2 is 1.67 bits per heavy atom. The summed E-state index contributed by atoms with van der Waals surface area (Å²) in [6.45, 7) is 0.769. The molecule has 1 aromatic carbocycles. The first-order valence-electron chi connectivity index (χ1n) is 8.33. The average Bonchev–Trinajstić information content (AvgIpc) is 3.16. The van der Waals surface area contributed by atoms with Crippen LogP contribution in [-0.2, 0) is 21.4 Å². The van der Waals surface area contributed by atoms with E-state index in [1.807, 2.05) is 29.1 Å². The molecule has 2 heterocycles. The predicted molar refractivity (Wildman–Crippen MR) is 102 cm³/mol. The quantitative estimate of drug-likeness (QED) is 0.620. The summed E-state index contributed by atoms with van der Waals surface area (Å²) in [5.74, 6) is -0.119. The van der Waals surface area contributed by atoms with Crippen LogP contribution in [0.15, 0.2) is 72.1 Å². The molecule has 1 amide bonds. The van der Waals surface area contributed by atoms with Gasteiger partial charge in [-0.1, -0.05) is 0 Å². The summed E-state index contributed by atoms with van der Waals surface area (Å²) in [6, 6.07) is 11.4. The molecule has 0 fully saturated rings. The molecule has 0 atom stereocenters. The number of amides is 1. The summed E-state index contributed by atoms with van der Waals surface area (Å²) in [5, 5.41) is 2.76. The maximum Gasteiger partial charge on any atom is 0.264 e. The van der Waals surface area contributed by atoms with Crippen molar-refractivity contribution in [2.24, 2.45) is 0 Å². The number of benzene rings is 1. The van der Waals surface area contributed by atoms with E-state index in [4.69, 9.17) is 0 Å². The molecule has 3 rings (SSSR count). The van der Waals surface area contributed by atoms with Crippen LogP contribution in [0.1, 0.15) is 12.8 Å². The third-order valence-corrected chi connectivity index (χ3v) is 5.07. The first kappa shape index (κ1) is 18.6. The largest absolute Gasteiger partial charge is 0.354 e. The maximum absolute atomic E-state index is 12.3. The molecular formula is C18H19N5O3S. The van der Waals surface area contributed by atoms with Gasteiger partial charge in [-0.25, -0.2) is 23.1 Å². The molecule has 0 spiro atoms. The smallest absolute Gasteiger partial charge is 0.264 e. The lowest BCUT2D eigenvalue weighted by Gasteiger charge is -2.08. The van der Waals surface area contributed by atoms with Gasteiger partial charge in [-0.15, -0.1) is 0 Å². The van der Waals surface area contributed by atoms with Crippen LogP contribution in [0.4, 0.5) is 11.6 Å². The van der Waals surface area contributed by atoms with Gasteiger partial charge in [-0.05, 0) is 48.9 Å². The number of nitrogens with zero attached hydrogens (tertiary/aromatic N) is 3. The molecule has 0 aliphatic heterocycles. The van der Waals surface area contributed by atoms with Gasteiger partial charge in [-0.2, -0.15) is 0 Å². The monoisotopic (exact) mass is 385 g/mol. The van der Waals surface area contributed by atoms with Gasteiger partial charge in [0.15, 0.2) is 0 Å². The lowest BCUT2D eigenvalue weighted by molar-refractivity contribution is -0.116. The topological polar surface area (TPSA) is 106 Å². The van der Waals surface area contributed by atoms with Gasteiger partial charge in [0.05, 0.1) is 4.90 Å². The molecule has 2 aromatic heterocycles. The first-order valence-corrected chi connectivity index (χ1v) is 9.82. The van der Waals surface area contributed by atoms with Crippen LogP contribution >= 0.6 is 0 Å². The third kappa shape index (κ3) is 5.38. The van der Waals surface area contributed by atoms with Crippen LogP contribution in [0.3, 0.4) is 0 Å². The van der Waals surface area contributed by atoms with E-state index in [-0.39, 0.29) is 16.8 Å². The summed E-state index contributed by atoms with van der Waals surface area (Å²) in [6.07, 6.45) is 7.88. The summed E-state index contributed by atoms with van der Waals surface area (Å²) in [5.41, 5.74) is 0.538. The van der Waals surface area contributed by atoms with E-state index in [9.17, 15) is 13.2 Å². The van der Waals surface area contributed by atoms with Gasteiger partial charge in [0.1, 0.15) is 0 Å². The number of carbonyl (C=O) groups is 1. The van der Waals surface area contributed by atoms with Crippen molar-refractivity contribution < 1.29 is 13.2 Å². The second-order valence-electron chi connectivity index (χ2n) is 5.77. The van der Waals surface area contributed by atoms with Gasteiger partial charge in [0, 0.05) is 43.4 Å². The van der Waals surface area contributed by atoms with E-state index >= 15 is 0 Å². The highest BCUT2D eigenvalue weighted by molar-refractivity contribution is 7.92. The molecule has 0 saturated heterocycles. The van der Waals surface area contributed by atoms with Crippen LogP contribution in [0.25, 0.3) is 0 Å². The van der Waals surface area contributed by atoms with Crippen LogP contribution in [-0.4, -0.2) is 28.9 Å². The van der Waals surface area contributed by atoms with E-state index in [0.717, 1.165) is 6.54 Å². The van der Waals surface area contributed by atoms with E-state index in [0.29, 0.717) is 18.5 Å². The van der Waals surface area contributed by atoms with E-state index < -0.39 is 10.0 Å². The summed E-state index contributed by atoms with van der Waals surface area (Å²) in [7, 11) is -3.79. The molecule has 0 aliphatic rings. The molecule has 27 heavy (non-hydrogen) atoms. The fourth-order valence-corrected chi connectivity index (χ4v) is 3.37. The molecule has 9 heteroatoms. The minimum atomic E-state index is -3.79. The highest BCUT2D eigenvalue weighted by atomic mass is 32.2. The number of hydrogen-bond acceptors (Lipinski definition) is 5. The zero-order valence-corrected chi connectivity index (χ0v) is 15.3. The Bertz CT molecular complexity index is 972. The van der Waals surface area contributed by atoms with Gasteiger partial charge in [0.2, 0.25) is 11.9 Å². The van der Waals surface area contributed by atoms with E-state index in [1.54, 1.807) is 18.2 Å². The van der Waals surface area contributed by atoms with Crippen LogP contribution < -0.4 is 10.0 Å². The van der Waals surface area contributed by atoms with Crippen molar-refractivity contribution in [2.45, 2.75) is 24.3 Å². The van der Waals surface area contributed by atoms with Crippen molar-refractivity contribution in [1.82, 2.24) is 14.5 Å². The van der Waals surface area contributed by atoms with Crippen molar-refractivity contribution in [2.75, 3.05) is 10.0 Å². The van der Waals surface area contributed by atoms with Crippen LogP contribution in [0, 0.1) is 0 Å². The van der Waals surface area contributed by atoms with E-state index in [2.05, 4.69) is 20.0 Å². The fraction of sp³-hybridized carbons (Fsp3) is 0.167. The molecule has 0 saturated carbocycles. The Balaban J connectivity index is 1.54. The van der Waals surface area contributed by atoms with Gasteiger partial charge < -0.3 is 9.88 Å². The maximum atomic E-state index is 12.3. The minimum Gasteiger partial charge on any atom is -0.354 e. The standard InChI is InChI=1S/C18H19N5O3S/c24-17(5-3-14-23-12-1-2-13-23)21-15-6-8-16(9-7-15)27(25,26)22-18-19-10-4-11-20-18/h1-2,4,6-13H,3,5,14H2,(H,21,24)(H,19,20,22). The number of sulfonamides is 1. The SMILES string of the molecule is O=C(CCCn1cccc1)Nc1ccc(S(=O)(=O)Nc2ncccn2)cc1. The van der Waals surface area contributed by atoms with Crippen molar-refractivity contribution >= 4 is 27.6 Å². The molecule has 8 nitrogen and oxygen atoms in total. The summed E-state index contributed by atoms with van der Waals surface area (Å²) in [4.78, 5) is 19.7. The van der Waals surface area contributed by atoms with Gasteiger partial charge in [-0.3, -0.25) is 4.79 Å². The Labute approximate surface area is 157 Å². The number of carbonyl (C=O) groups excluding carboxylic acids is 1. The molecule has 3 aromatic rings. The molecule has 0 aliphatic carbocycles. The Morgan fingerprint density at radius 3 is 2.33 bits per heavy atom. The zero-order chi connectivity index (χ0) is 19.1.